The molecule has 0 fully saturated rings. The number of benzene rings is 1. The van der Waals surface area contributed by atoms with Crippen molar-refractivity contribution in [2.75, 3.05) is 10.0 Å². The van der Waals surface area contributed by atoms with E-state index in [9.17, 15) is 87.8 Å². The molecule has 0 unspecified atom stereocenters. The summed E-state index contributed by atoms with van der Waals surface area (Å²) in [6.07, 6.45) is -7.89. The summed E-state index contributed by atoms with van der Waals surface area (Å²) in [4.78, 5) is 18.4. The Hall–Kier alpha value is -3.67. The summed E-state index contributed by atoms with van der Waals surface area (Å²) < 4.78 is 254. The number of anilines is 2. The molecule has 2 rings (SSSR count). The Morgan fingerprint density at radius 1 is 0.609 bits per heavy atom. The fourth-order valence-corrected chi connectivity index (χ4v) is 4.13. The second kappa shape index (κ2) is 11.2. The van der Waals surface area contributed by atoms with Gasteiger partial charge in [-0.2, -0.15) is 74.6 Å². The fraction of sp³-hybridized carbons (Fsp3) is 0.476. The molecule has 0 aliphatic rings. The summed E-state index contributed by atoms with van der Waals surface area (Å²) in [5.74, 6) is -63.1. The molecule has 46 heavy (non-hydrogen) atoms. The SMILES string of the molecule is Cc1cc(C)nc(NS(=O)(=O)c2ccc(NC(=O)C(F)(F)C(F)(F)C(F)(F)C(F)(F)C(F)(F)C(F)(F)C(F)(F)C(F)(F)F)cc2)n1. The number of nitrogens with zero attached hydrogens (tertiary/aromatic N) is 2. The van der Waals surface area contributed by atoms with Crippen molar-refractivity contribution in [3.8, 4) is 0 Å². The van der Waals surface area contributed by atoms with Gasteiger partial charge in [0.2, 0.25) is 5.95 Å². The summed E-state index contributed by atoms with van der Waals surface area (Å²) >= 11 is 0. The van der Waals surface area contributed by atoms with Crippen LogP contribution >= 0.6 is 0 Å². The van der Waals surface area contributed by atoms with Gasteiger partial charge in [0.1, 0.15) is 0 Å². The first-order valence-electron chi connectivity index (χ1n) is 11.2. The molecule has 2 N–H and O–H groups in total. The van der Waals surface area contributed by atoms with Crippen LogP contribution in [0.2, 0.25) is 0 Å². The quantitative estimate of drug-likeness (QED) is 0.247. The average Bonchev–Trinajstić information content (AvgIpc) is 2.86. The van der Waals surface area contributed by atoms with Crippen LogP contribution in [0.25, 0.3) is 0 Å². The molecule has 0 aliphatic carbocycles. The van der Waals surface area contributed by atoms with Crippen molar-refractivity contribution in [3.63, 3.8) is 0 Å². The van der Waals surface area contributed by atoms with E-state index in [1.807, 2.05) is 4.72 Å². The van der Waals surface area contributed by atoms with Gasteiger partial charge in [0, 0.05) is 17.1 Å². The smallest absolute Gasteiger partial charge is 0.321 e. The Bertz CT molecular complexity index is 1560. The van der Waals surface area contributed by atoms with E-state index >= 15 is 0 Å². The zero-order valence-electron chi connectivity index (χ0n) is 21.8. The van der Waals surface area contributed by atoms with Gasteiger partial charge in [0.25, 0.3) is 10.0 Å². The molecule has 25 heteroatoms. The third kappa shape index (κ3) is 5.96. The van der Waals surface area contributed by atoms with Crippen molar-refractivity contribution >= 4 is 27.6 Å². The van der Waals surface area contributed by atoms with Gasteiger partial charge in [-0.1, -0.05) is 0 Å². The van der Waals surface area contributed by atoms with Crippen LogP contribution in [0.15, 0.2) is 35.2 Å². The van der Waals surface area contributed by atoms with Crippen LogP contribution in [0, 0.1) is 13.8 Å². The predicted octanol–water partition coefficient (Wildman–Crippen LogP) is 6.84. The highest BCUT2D eigenvalue weighted by molar-refractivity contribution is 7.92. The van der Waals surface area contributed by atoms with Crippen molar-refractivity contribution in [2.24, 2.45) is 0 Å². The maximum atomic E-state index is 14.1. The molecule has 260 valence electrons. The summed E-state index contributed by atoms with van der Waals surface area (Å²) in [6, 6.07) is 2.89. The number of aromatic nitrogens is 2. The third-order valence-corrected chi connectivity index (χ3v) is 6.98. The zero-order valence-corrected chi connectivity index (χ0v) is 22.7. The number of hydrogen-bond acceptors (Lipinski definition) is 5. The lowest BCUT2D eigenvalue weighted by Gasteiger charge is -2.42. The van der Waals surface area contributed by atoms with Gasteiger partial charge in [-0.25, -0.2) is 23.1 Å². The van der Waals surface area contributed by atoms with E-state index in [2.05, 4.69) is 9.97 Å². The van der Waals surface area contributed by atoms with Crippen LogP contribution in [0.5, 0.6) is 0 Å². The van der Waals surface area contributed by atoms with Crippen molar-refractivity contribution in [1.82, 2.24) is 9.97 Å². The topological polar surface area (TPSA) is 101 Å². The number of sulfonamides is 1. The van der Waals surface area contributed by atoms with Gasteiger partial charge in [0.15, 0.2) is 0 Å². The number of halogens is 17. The number of carbonyl (C=O) groups is 1. The molecule has 0 aliphatic heterocycles. The Kier molecular flexibility index (Phi) is 9.41. The summed E-state index contributed by atoms with van der Waals surface area (Å²) in [5, 5.41) is 0.677. The Morgan fingerprint density at radius 2 is 0.978 bits per heavy atom. The molecule has 2 aromatic rings. The van der Waals surface area contributed by atoms with Crippen molar-refractivity contribution < 1.29 is 87.8 Å². The number of hydrogen-bond donors (Lipinski definition) is 2. The lowest BCUT2D eigenvalue weighted by Crippen LogP contribution is -2.75. The number of nitrogens with one attached hydrogen (secondary N) is 2. The summed E-state index contributed by atoms with van der Waals surface area (Å²) in [6.45, 7) is 2.88. The van der Waals surface area contributed by atoms with Gasteiger partial charge in [-0.3, -0.25) is 4.79 Å². The number of alkyl halides is 17. The molecule has 0 spiro atoms. The first kappa shape index (κ1) is 38.5. The van der Waals surface area contributed by atoms with Gasteiger partial charge in [-0.05, 0) is 44.2 Å². The van der Waals surface area contributed by atoms with E-state index in [4.69, 9.17) is 0 Å². The number of rotatable bonds is 11. The minimum atomic E-state index is -8.84. The normalized spacial score (nSPS) is 14.7. The molecule has 1 aromatic heterocycles. The van der Waals surface area contributed by atoms with Gasteiger partial charge >= 0.3 is 53.5 Å². The number of amides is 1. The third-order valence-electron chi connectivity index (χ3n) is 5.64. The van der Waals surface area contributed by atoms with Crippen LogP contribution in [0.3, 0.4) is 0 Å². The maximum Gasteiger partial charge on any atom is 0.460 e. The van der Waals surface area contributed by atoms with E-state index in [-0.39, 0.29) is 11.4 Å². The molecule has 0 atom stereocenters. The predicted molar refractivity (Wildman–Crippen MR) is 118 cm³/mol. The molecule has 0 saturated carbocycles. The highest BCUT2D eigenvalue weighted by atomic mass is 32.2. The lowest BCUT2D eigenvalue weighted by molar-refractivity contribution is -0.459. The zero-order chi connectivity index (χ0) is 36.3. The van der Waals surface area contributed by atoms with Crippen molar-refractivity contribution in [2.45, 2.75) is 66.4 Å². The van der Waals surface area contributed by atoms with E-state index in [0.29, 0.717) is 29.6 Å². The molecular weight excluding hydrogens is 711 g/mol. The van der Waals surface area contributed by atoms with Crippen LogP contribution < -0.4 is 10.0 Å². The van der Waals surface area contributed by atoms with E-state index in [0.717, 1.165) is 0 Å². The van der Waals surface area contributed by atoms with E-state index in [1.54, 1.807) is 0 Å². The summed E-state index contributed by atoms with van der Waals surface area (Å²) in [5.41, 5.74) is -0.652. The second-order valence-corrected chi connectivity index (χ2v) is 10.8. The molecule has 7 nitrogen and oxygen atoms in total. The minimum absolute atomic E-state index is 0.279. The fourth-order valence-electron chi connectivity index (χ4n) is 3.18. The van der Waals surface area contributed by atoms with Gasteiger partial charge in [0.05, 0.1) is 4.90 Å². The largest absolute Gasteiger partial charge is 0.460 e. The van der Waals surface area contributed by atoms with Crippen molar-refractivity contribution in [1.29, 1.82) is 0 Å². The average molecular weight is 724 g/mol. The van der Waals surface area contributed by atoms with E-state index < -0.39 is 80.1 Å². The van der Waals surface area contributed by atoms with E-state index in [1.165, 1.54) is 19.9 Å². The molecular formula is C21H13F17N4O3S. The minimum Gasteiger partial charge on any atom is -0.321 e. The van der Waals surface area contributed by atoms with Gasteiger partial charge < -0.3 is 5.32 Å². The summed E-state index contributed by atoms with van der Waals surface area (Å²) in [7, 11) is -4.62. The number of aryl methyl sites for hydroxylation is 2. The van der Waals surface area contributed by atoms with Crippen LogP contribution in [-0.2, 0) is 14.8 Å². The van der Waals surface area contributed by atoms with Gasteiger partial charge in [-0.15, -0.1) is 0 Å². The standard InChI is InChI=1S/C21H13F17N4O3S/c1-8-7-9(2)40-13(39-8)42-46(44,45)11-5-3-10(4-6-11)41-12(43)14(22,23)15(24,25)16(26,27)17(28,29)18(30,31)19(32,33)20(34,35)21(36,37)38/h3-7H,1-2H3,(H,41,43)(H,39,40,42). The van der Waals surface area contributed by atoms with Crippen LogP contribution in [0.4, 0.5) is 86.3 Å². The first-order valence-corrected chi connectivity index (χ1v) is 12.7. The Balaban J connectivity index is 2.41. The van der Waals surface area contributed by atoms with Crippen LogP contribution in [0.1, 0.15) is 11.4 Å². The first-order chi connectivity index (χ1) is 20.2. The Labute approximate surface area is 244 Å². The van der Waals surface area contributed by atoms with Crippen molar-refractivity contribution in [3.05, 3.63) is 41.7 Å². The molecule has 1 heterocycles. The highest BCUT2D eigenvalue weighted by Gasteiger charge is 2.95. The molecule has 1 aromatic carbocycles. The molecule has 0 bridgehead atoms. The lowest BCUT2D eigenvalue weighted by atomic mass is 9.89. The molecule has 0 saturated heterocycles. The molecule has 0 radical (unpaired) electrons. The number of carbonyl (C=O) groups excluding carboxylic acids is 1. The second-order valence-electron chi connectivity index (χ2n) is 9.08. The highest BCUT2D eigenvalue weighted by Crippen LogP contribution is 2.64. The molecule has 1 amide bonds. The monoisotopic (exact) mass is 724 g/mol. The van der Waals surface area contributed by atoms with Crippen LogP contribution in [-0.4, -0.2) is 71.9 Å². The Morgan fingerprint density at radius 3 is 1.37 bits per heavy atom. The maximum absolute atomic E-state index is 14.1.